The van der Waals surface area contributed by atoms with Gasteiger partial charge in [-0.1, -0.05) is 12.1 Å². The highest BCUT2D eigenvalue weighted by Crippen LogP contribution is 2.25. The van der Waals surface area contributed by atoms with Gasteiger partial charge in [-0.25, -0.2) is 14.0 Å². The van der Waals surface area contributed by atoms with Gasteiger partial charge in [-0.15, -0.1) is 11.3 Å². The van der Waals surface area contributed by atoms with E-state index in [-0.39, 0.29) is 5.69 Å². The number of hydrogen-bond acceptors (Lipinski definition) is 3. The maximum atomic E-state index is 13.6. The molecular formula is C13H10BrFN2O3S. The molecule has 0 aliphatic heterocycles. The van der Waals surface area contributed by atoms with Gasteiger partial charge in [-0.2, -0.15) is 0 Å². The van der Waals surface area contributed by atoms with Crippen LogP contribution >= 0.6 is 27.3 Å². The van der Waals surface area contributed by atoms with Gasteiger partial charge in [0.2, 0.25) is 0 Å². The number of benzene rings is 1. The van der Waals surface area contributed by atoms with Crippen molar-refractivity contribution < 1.29 is 19.1 Å². The van der Waals surface area contributed by atoms with Crippen LogP contribution in [-0.2, 0) is 4.79 Å². The number of nitrogens with one attached hydrogen (secondary N) is 2. The van der Waals surface area contributed by atoms with Gasteiger partial charge in [0, 0.05) is 9.35 Å². The number of carbonyl (C=O) groups is 2. The standard InChI is InChI=1S/C13H10BrFN2O3S/c14-7-3-1-4-8(15)10(7)16-13(20)17-11(12(18)19)9-5-2-6-21-9/h1-6,11H,(H,18,19)(H2,16,17,20). The number of rotatable bonds is 4. The summed E-state index contributed by atoms with van der Waals surface area (Å²) in [6, 6.07) is 5.53. The molecule has 1 heterocycles. The highest BCUT2D eigenvalue weighted by molar-refractivity contribution is 9.10. The molecule has 0 saturated carbocycles. The van der Waals surface area contributed by atoms with Crippen LogP contribution in [0.2, 0.25) is 0 Å². The topological polar surface area (TPSA) is 78.4 Å². The first-order valence-electron chi connectivity index (χ1n) is 5.77. The Morgan fingerprint density at radius 2 is 2.05 bits per heavy atom. The second-order valence-corrected chi connectivity index (χ2v) is 5.82. The highest BCUT2D eigenvalue weighted by atomic mass is 79.9. The number of carboxylic acid groups (broad SMARTS) is 1. The van der Waals surface area contributed by atoms with E-state index in [1.165, 1.54) is 23.5 Å². The van der Waals surface area contributed by atoms with Crippen LogP contribution in [0.15, 0.2) is 40.2 Å². The molecule has 8 heteroatoms. The third-order valence-corrected chi connectivity index (χ3v) is 4.15. The van der Waals surface area contributed by atoms with E-state index in [4.69, 9.17) is 5.11 Å². The van der Waals surface area contributed by atoms with Gasteiger partial charge in [0.05, 0.1) is 5.69 Å². The summed E-state index contributed by atoms with van der Waals surface area (Å²) in [5.74, 6) is -1.82. The van der Waals surface area contributed by atoms with Crippen molar-refractivity contribution in [2.75, 3.05) is 5.32 Å². The quantitative estimate of drug-likeness (QED) is 0.766. The molecule has 0 aliphatic rings. The van der Waals surface area contributed by atoms with Crippen LogP contribution in [0.25, 0.3) is 0 Å². The molecule has 0 bridgehead atoms. The number of carbonyl (C=O) groups excluding carboxylic acids is 1. The van der Waals surface area contributed by atoms with Gasteiger partial charge >= 0.3 is 12.0 Å². The zero-order chi connectivity index (χ0) is 15.4. The summed E-state index contributed by atoms with van der Waals surface area (Å²) in [6.07, 6.45) is 0. The predicted octanol–water partition coefficient (Wildman–Crippen LogP) is 3.60. The van der Waals surface area contributed by atoms with Crippen LogP contribution in [-0.4, -0.2) is 17.1 Å². The first kappa shape index (κ1) is 15.5. The maximum absolute atomic E-state index is 13.6. The molecule has 1 atom stereocenters. The van der Waals surface area contributed by atoms with Crippen molar-refractivity contribution >= 4 is 45.0 Å². The maximum Gasteiger partial charge on any atom is 0.331 e. The number of amides is 2. The van der Waals surface area contributed by atoms with Gasteiger partial charge in [0.1, 0.15) is 5.82 Å². The van der Waals surface area contributed by atoms with Gasteiger partial charge < -0.3 is 15.7 Å². The zero-order valence-electron chi connectivity index (χ0n) is 10.5. The molecule has 3 N–H and O–H groups in total. The van der Waals surface area contributed by atoms with Crippen LogP contribution in [0.3, 0.4) is 0 Å². The summed E-state index contributed by atoms with van der Waals surface area (Å²) in [4.78, 5) is 23.5. The third-order valence-electron chi connectivity index (χ3n) is 2.55. The third kappa shape index (κ3) is 3.79. The Hall–Kier alpha value is -1.93. The molecule has 1 aromatic carbocycles. The molecule has 0 spiro atoms. The van der Waals surface area contributed by atoms with E-state index in [1.54, 1.807) is 23.6 Å². The van der Waals surface area contributed by atoms with Crippen molar-refractivity contribution in [2.24, 2.45) is 0 Å². The Kier molecular flexibility index (Phi) is 4.92. The fraction of sp³-hybridized carbons (Fsp3) is 0.0769. The van der Waals surface area contributed by atoms with Gasteiger partial charge in [-0.3, -0.25) is 0 Å². The molecule has 0 fully saturated rings. The second kappa shape index (κ2) is 6.68. The second-order valence-electron chi connectivity index (χ2n) is 3.98. The Bertz CT molecular complexity index is 643. The largest absolute Gasteiger partial charge is 0.479 e. The summed E-state index contributed by atoms with van der Waals surface area (Å²) in [5, 5.41) is 15.4. The smallest absolute Gasteiger partial charge is 0.331 e. The minimum Gasteiger partial charge on any atom is -0.479 e. The molecule has 5 nitrogen and oxygen atoms in total. The minimum absolute atomic E-state index is 0.0506. The summed E-state index contributed by atoms with van der Waals surface area (Å²) in [7, 11) is 0. The molecule has 0 saturated heterocycles. The molecule has 1 aromatic heterocycles. The van der Waals surface area contributed by atoms with E-state index in [0.717, 1.165) is 0 Å². The van der Waals surface area contributed by atoms with Crippen LogP contribution in [0.1, 0.15) is 10.9 Å². The first-order valence-corrected chi connectivity index (χ1v) is 7.44. The molecule has 2 aromatic rings. The van der Waals surface area contributed by atoms with Crippen molar-refractivity contribution in [1.29, 1.82) is 0 Å². The number of urea groups is 1. The van der Waals surface area contributed by atoms with E-state index >= 15 is 0 Å². The van der Waals surface area contributed by atoms with Crippen molar-refractivity contribution in [2.45, 2.75) is 6.04 Å². The number of hydrogen-bond donors (Lipinski definition) is 3. The summed E-state index contributed by atoms with van der Waals surface area (Å²) in [6.45, 7) is 0. The SMILES string of the molecule is O=C(Nc1c(F)cccc1Br)NC(C(=O)O)c1cccs1. The van der Waals surface area contributed by atoms with E-state index in [2.05, 4.69) is 26.6 Å². The van der Waals surface area contributed by atoms with Crippen LogP contribution < -0.4 is 10.6 Å². The highest BCUT2D eigenvalue weighted by Gasteiger charge is 2.23. The number of para-hydroxylation sites is 1. The number of thiophene rings is 1. The number of anilines is 1. The van der Waals surface area contributed by atoms with Crippen molar-refractivity contribution in [3.63, 3.8) is 0 Å². The molecule has 0 aliphatic carbocycles. The van der Waals surface area contributed by atoms with Crippen molar-refractivity contribution in [1.82, 2.24) is 5.32 Å². The molecule has 110 valence electrons. The average Bonchev–Trinajstić information content (AvgIpc) is 2.94. The van der Waals surface area contributed by atoms with E-state index in [1.807, 2.05) is 0 Å². The van der Waals surface area contributed by atoms with E-state index in [9.17, 15) is 14.0 Å². The summed E-state index contributed by atoms with van der Waals surface area (Å²) < 4.78 is 14.0. The number of aliphatic carboxylic acids is 1. The van der Waals surface area contributed by atoms with Gasteiger partial charge in [-0.05, 0) is 39.5 Å². The predicted molar refractivity (Wildman–Crippen MR) is 81.0 cm³/mol. The molecular weight excluding hydrogens is 363 g/mol. The lowest BCUT2D eigenvalue weighted by atomic mass is 10.2. The van der Waals surface area contributed by atoms with E-state index in [0.29, 0.717) is 9.35 Å². The Balaban J connectivity index is 2.12. The Morgan fingerprint density at radius 1 is 1.29 bits per heavy atom. The lowest BCUT2D eigenvalue weighted by molar-refractivity contribution is -0.139. The number of carboxylic acids is 1. The number of halogens is 2. The Morgan fingerprint density at radius 3 is 2.62 bits per heavy atom. The lowest BCUT2D eigenvalue weighted by Crippen LogP contribution is -2.36. The van der Waals surface area contributed by atoms with Crippen LogP contribution in [0, 0.1) is 5.82 Å². The fourth-order valence-electron chi connectivity index (χ4n) is 1.61. The molecule has 0 radical (unpaired) electrons. The zero-order valence-corrected chi connectivity index (χ0v) is 12.9. The van der Waals surface area contributed by atoms with Crippen molar-refractivity contribution in [3.8, 4) is 0 Å². The first-order chi connectivity index (χ1) is 9.99. The minimum atomic E-state index is -1.19. The molecule has 21 heavy (non-hydrogen) atoms. The van der Waals surface area contributed by atoms with E-state index < -0.39 is 23.9 Å². The van der Waals surface area contributed by atoms with Crippen LogP contribution in [0.4, 0.5) is 14.9 Å². The van der Waals surface area contributed by atoms with Gasteiger partial charge in [0.25, 0.3) is 0 Å². The normalized spacial score (nSPS) is 11.7. The van der Waals surface area contributed by atoms with Gasteiger partial charge in [0.15, 0.2) is 6.04 Å². The molecule has 2 rings (SSSR count). The average molecular weight is 373 g/mol. The van der Waals surface area contributed by atoms with Crippen LogP contribution in [0.5, 0.6) is 0 Å². The molecule has 1 unspecified atom stereocenters. The lowest BCUT2D eigenvalue weighted by Gasteiger charge is -2.14. The molecule has 2 amide bonds. The fourth-order valence-corrected chi connectivity index (χ4v) is 2.82. The summed E-state index contributed by atoms with van der Waals surface area (Å²) >= 11 is 4.32. The monoisotopic (exact) mass is 372 g/mol. The summed E-state index contributed by atoms with van der Waals surface area (Å²) in [5.41, 5.74) is -0.0506. The Labute approximate surface area is 131 Å². The van der Waals surface area contributed by atoms with Crippen molar-refractivity contribution in [3.05, 3.63) is 50.9 Å².